The maximum absolute atomic E-state index is 9.71. The summed E-state index contributed by atoms with van der Waals surface area (Å²) in [7, 11) is 0. The first-order valence-corrected chi connectivity index (χ1v) is 4.17. The quantitative estimate of drug-likeness (QED) is 0.795. The molecule has 0 amide bonds. The molecule has 0 aromatic carbocycles. The number of hydrogen-bond donors (Lipinski definition) is 1. The Balaban J connectivity index is 0. The Kier molecular flexibility index (Phi) is 8.27. The first-order valence-electron chi connectivity index (χ1n) is 4.17. The number of rotatable bonds is 3. The topological polar surface area (TPSA) is 32.6 Å². The van der Waals surface area contributed by atoms with Gasteiger partial charge in [0.25, 0.3) is 0 Å². The molecule has 0 saturated heterocycles. The smallest absolute Gasteiger partial charge is 0.0989 e. The Morgan fingerprint density at radius 3 is 2.17 bits per heavy atom. The van der Waals surface area contributed by atoms with Crippen LogP contribution in [0.5, 0.6) is 0 Å². The molecule has 0 aromatic rings. The van der Waals surface area contributed by atoms with Gasteiger partial charge < -0.3 is 5.11 Å². The van der Waals surface area contributed by atoms with Gasteiger partial charge in [-0.1, -0.05) is 6.92 Å². The SMILES string of the molecule is CCC(C)(O)C(C)=NC(C)C.[Pm]. The van der Waals surface area contributed by atoms with Crippen molar-refractivity contribution in [1.29, 1.82) is 0 Å². The molecule has 0 bridgehead atoms. The van der Waals surface area contributed by atoms with Gasteiger partial charge in [-0.25, -0.2) is 0 Å². The fourth-order valence-electron chi connectivity index (χ4n) is 0.782. The van der Waals surface area contributed by atoms with Gasteiger partial charge >= 0.3 is 0 Å². The average Bonchev–Trinajstić information content (AvgIpc) is 1.86. The van der Waals surface area contributed by atoms with Crippen LogP contribution in [0.1, 0.15) is 41.0 Å². The van der Waals surface area contributed by atoms with Crippen molar-refractivity contribution < 1.29 is 45.5 Å². The van der Waals surface area contributed by atoms with Gasteiger partial charge in [-0.2, -0.15) is 0 Å². The fourth-order valence-corrected chi connectivity index (χ4v) is 0.782. The molecule has 2 nitrogen and oxygen atoms in total. The molecule has 1 atom stereocenters. The zero-order chi connectivity index (χ0) is 9.07. The summed E-state index contributed by atoms with van der Waals surface area (Å²) in [5.74, 6) is 0. The Hall–Kier alpha value is 0.968. The van der Waals surface area contributed by atoms with Gasteiger partial charge in [0.2, 0.25) is 0 Å². The van der Waals surface area contributed by atoms with E-state index in [2.05, 4.69) is 4.99 Å². The molecule has 0 aliphatic rings. The zero-order valence-electron chi connectivity index (χ0n) is 8.63. The van der Waals surface area contributed by atoms with Crippen molar-refractivity contribution in [2.45, 2.75) is 52.7 Å². The normalized spacial score (nSPS) is 17.1. The fraction of sp³-hybridized carbons (Fsp3) is 0.889. The molecule has 0 heterocycles. The van der Waals surface area contributed by atoms with E-state index in [0.29, 0.717) is 0 Å². The van der Waals surface area contributed by atoms with E-state index in [1.807, 2.05) is 27.7 Å². The maximum atomic E-state index is 9.71. The first-order chi connectivity index (χ1) is 4.90. The standard InChI is InChI=1S/C9H19NO.Pm/c1-6-9(5,11)8(4)10-7(2)3;/h7,11H,6H2,1-5H3;. The molecule has 0 rings (SSSR count). The average molecular weight is 302 g/mol. The van der Waals surface area contributed by atoms with E-state index in [4.69, 9.17) is 0 Å². The molecule has 12 heavy (non-hydrogen) atoms. The third kappa shape index (κ3) is 5.59. The van der Waals surface area contributed by atoms with E-state index in [-0.39, 0.29) is 46.4 Å². The maximum Gasteiger partial charge on any atom is 0.0989 e. The van der Waals surface area contributed by atoms with Crippen LogP contribution in [-0.4, -0.2) is 22.5 Å². The molecular weight excluding hydrogens is 283 g/mol. The van der Waals surface area contributed by atoms with Crippen molar-refractivity contribution in [1.82, 2.24) is 0 Å². The summed E-state index contributed by atoms with van der Waals surface area (Å²) in [6.07, 6.45) is 0.717. The first kappa shape index (κ1) is 15.4. The Labute approximate surface area is 108 Å². The van der Waals surface area contributed by atoms with Gasteiger partial charge in [0.05, 0.1) is 5.60 Å². The number of hydrogen-bond acceptors (Lipinski definition) is 2. The van der Waals surface area contributed by atoms with E-state index >= 15 is 0 Å². The van der Waals surface area contributed by atoms with Crippen LogP contribution in [0.2, 0.25) is 0 Å². The second kappa shape index (κ2) is 6.43. The summed E-state index contributed by atoms with van der Waals surface area (Å²) in [4.78, 5) is 4.29. The number of nitrogens with zero attached hydrogens (tertiary/aromatic N) is 1. The summed E-state index contributed by atoms with van der Waals surface area (Å²) in [5, 5.41) is 9.71. The Bertz CT molecular complexity index is 153. The number of aliphatic hydroxyl groups is 1. The molecule has 0 saturated carbocycles. The van der Waals surface area contributed by atoms with Crippen LogP contribution >= 0.6 is 0 Å². The predicted octanol–water partition coefficient (Wildman–Crippen LogP) is 2.02. The van der Waals surface area contributed by atoms with E-state index < -0.39 is 5.60 Å². The third-order valence-corrected chi connectivity index (χ3v) is 1.92. The van der Waals surface area contributed by atoms with Crippen LogP contribution in [0.15, 0.2) is 4.99 Å². The summed E-state index contributed by atoms with van der Waals surface area (Å²) in [5.41, 5.74) is 0.111. The minimum Gasteiger partial charge on any atom is -0.384 e. The van der Waals surface area contributed by atoms with E-state index in [1.165, 1.54) is 0 Å². The van der Waals surface area contributed by atoms with Crippen molar-refractivity contribution in [2.24, 2.45) is 4.99 Å². The van der Waals surface area contributed by atoms with Crippen molar-refractivity contribution in [3.05, 3.63) is 0 Å². The molecule has 71 valence electrons. The molecule has 0 spiro atoms. The van der Waals surface area contributed by atoms with Crippen molar-refractivity contribution in [3.63, 3.8) is 0 Å². The molecule has 1 radical (unpaired) electrons. The molecule has 0 aliphatic heterocycles. The van der Waals surface area contributed by atoms with Gasteiger partial charge in [0.1, 0.15) is 0 Å². The minimum absolute atomic E-state index is 0. The van der Waals surface area contributed by atoms with Crippen molar-refractivity contribution in [3.8, 4) is 0 Å². The number of aliphatic imine (C=N–C) groups is 1. The largest absolute Gasteiger partial charge is 0.384 e. The summed E-state index contributed by atoms with van der Waals surface area (Å²) < 4.78 is 0. The van der Waals surface area contributed by atoms with Crippen molar-refractivity contribution >= 4 is 5.71 Å². The Morgan fingerprint density at radius 1 is 1.50 bits per heavy atom. The second-order valence-electron chi connectivity index (χ2n) is 3.44. The van der Waals surface area contributed by atoms with Crippen LogP contribution in [0, 0.1) is 40.4 Å². The van der Waals surface area contributed by atoms with Crippen LogP contribution in [0.4, 0.5) is 0 Å². The van der Waals surface area contributed by atoms with E-state index in [0.717, 1.165) is 12.1 Å². The van der Waals surface area contributed by atoms with Crippen LogP contribution in [-0.2, 0) is 0 Å². The molecule has 0 aliphatic carbocycles. The monoisotopic (exact) mass is 302 g/mol. The van der Waals surface area contributed by atoms with Gasteiger partial charge in [-0.3, -0.25) is 4.99 Å². The summed E-state index contributed by atoms with van der Waals surface area (Å²) in [6, 6.07) is 0.271. The van der Waals surface area contributed by atoms with Crippen molar-refractivity contribution in [2.75, 3.05) is 0 Å². The summed E-state index contributed by atoms with van der Waals surface area (Å²) >= 11 is 0. The van der Waals surface area contributed by atoms with Gasteiger partial charge in [-0.15, -0.1) is 0 Å². The van der Waals surface area contributed by atoms with Crippen LogP contribution in [0.25, 0.3) is 0 Å². The van der Waals surface area contributed by atoms with Gasteiger partial charge in [0, 0.05) is 52.1 Å². The predicted molar refractivity (Wildman–Crippen MR) is 49.2 cm³/mol. The van der Waals surface area contributed by atoms with Gasteiger partial charge in [0.15, 0.2) is 0 Å². The Morgan fingerprint density at radius 2 is 1.92 bits per heavy atom. The van der Waals surface area contributed by atoms with Gasteiger partial charge in [-0.05, 0) is 34.1 Å². The second-order valence-corrected chi connectivity index (χ2v) is 3.44. The molecule has 1 unspecified atom stereocenters. The van der Waals surface area contributed by atoms with E-state index in [9.17, 15) is 5.11 Å². The molecular formula is C9H19NOPm. The molecule has 0 fully saturated rings. The van der Waals surface area contributed by atoms with E-state index in [1.54, 1.807) is 6.92 Å². The molecule has 0 aromatic heterocycles. The van der Waals surface area contributed by atoms with Crippen LogP contribution in [0.3, 0.4) is 0 Å². The van der Waals surface area contributed by atoms with Crippen LogP contribution < -0.4 is 0 Å². The zero-order valence-corrected chi connectivity index (χ0v) is 11.5. The summed E-state index contributed by atoms with van der Waals surface area (Å²) in [6.45, 7) is 9.65. The third-order valence-electron chi connectivity index (χ3n) is 1.92. The molecule has 3 heteroatoms. The minimum atomic E-state index is -0.718. The molecule has 1 N–H and O–H groups in total.